The van der Waals surface area contributed by atoms with Crippen molar-refractivity contribution in [1.82, 2.24) is 5.43 Å². The summed E-state index contributed by atoms with van der Waals surface area (Å²) in [5.41, 5.74) is 4.36. The number of halogens is 2. The first-order valence-electron chi connectivity index (χ1n) is 8.36. The van der Waals surface area contributed by atoms with Crippen LogP contribution in [-0.2, 0) is 14.8 Å². The van der Waals surface area contributed by atoms with Crippen LogP contribution in [0.3, 0.4) is 0 Å². The summed E-state index contributed by atoms with van der Waals surface area (Å²) in [7, 11) is -4.12. The second-order valence-corrected chi connectivity index (χ2v) is 8.82. The van der Waals surface area contributed by atoms with Crippen molar-refractivity contribution in [3.63, 3.8) is 0 Å². The Balaban J connectivity index is 1.82. The van der Waals surface area contributed by atoms with E-state index in [-0.39, 0.29) is 27.4 Å². The van der Waals surface area contributed by atoms with Gasteiger partial charge in [-0.05, 0) is 29.8 Å². The number of hydrogen-bond acceptors (Lipinski definition) is 5. The number of carbonyl (C=O) groups is 2. The van der Waals surface area contributed by atoms with Crippen molar-refractivity contribution in [2.45, 2.75) is 18.2 Å². The average Bonchev–Trinajstić information content (AvgIpc) is 2.61. The van der Waals surface area contributed by atoms with Gasteiger partial charge in [0.1, 0.15) is 4.90 Å². The molecular formula is C18H16Cl2N4O4S. The number of nitrogens with two attached hydrogens (primary N) is 1. The minimum atomic E-state index is -4.12. The van der Waals surface area contributed by atoms with E-state index in [0.717, 1.165) is 23.4 Å². The van der Waals surface area contributed by atoms with Gasteiger partial charge in [0.25, 0.3) is 5.91 Å². The third-order valence-corrected chi connectivity index (χ3v) is 5.96. The maximum Gasteiger partial charge on any atom is 0.257 e. The Hall–Kier alpha value is -2.46. The Morgan fingerprint density at radius 3 is 2.45 bits per heavy atom. The summed E-state index contributed by atoms with van der Waals surface area (Å²) in [4.78, 5) is 23.5. The van der Waals surface area contributed by atoms with E-state index in [1.54, 1.807) is 24.3 Å². The van der Waals surface area contributed by atoms with Crippen molar-refractivity contribution in [3.8, 4) is 0 Å². The van der Waals surface area contributed by atoms with E-state index in [1.165, 1.54) is 0 Å². The van der Waals surface area contributed by atoms with E-state index in [4.69, 9.17) is 28.3 Å². The van der Waals surface area contributed by atoms with Gasteiger partial charge in [0.15, 0.2) is 0 Å². The molecule has 2 amide bonds. The lowest BCUT2D eigenvalue weighted by atomic mass is 9.94. The van der Waals surface area contributed by atoms with Crippen LogP contribution in [0.25, 0.3) is 0 Å². The highest BCUT2D eigenvalue weighted by Gasteiger charge is 2.22. The van der Waals surface area contributed by atoms with E-state index < -0.39 is 20.8 Å². The molecule has 29 heavy (non-hydrogen) atoms. The summed E-state index contributed by atoms with van der Waals surface area (Å²) >= 11 is 11.9. The maximum atomic E-state index is 12.6. The monoisotopic (exact) mass is 454 g/mol. The Morgan fingerprint density at radius 2 is 1.86 bits per heavy atom. The van der Waals surface area contributed by atoms with E-state index in [0.29, 0.717) is 12.1 Å². The highest BCUT2D eigenvalue weighted by Crippen LogP contribution is 2.29. The molecule has 0 saturated carbocycles. The van der Waals surface area contributed by atoms with Crippen LogP contribution in [0.15, 0.2) is 46.4 Å². The highest BCUT2D eigenvalue weighted by atomic mass is 35.5. The fourth-order valence-electron chi connectivity index (χ4n) is 2.85. The quantitative estimate of drug-likeness (QED) is 0.654. The van der Waals surface area contributed by atoms with Crippen LogP contribution in [0.2, 0.25) is 10.0 Å². The molecule has 11 heteroatoms. The normalized spacial score (nSPS) is 16.8. The standard InChI is InChI=1S/C18H16Cl2N4O4S/c1-9-6-16(25)23-24-17(9)10-2-4-11(5-3-10)22-18(26)12-7-15(29(21,27)28)14(20)8-13(12)19/h2-5,7-9H,6H2,1H3,(H,22,26)(H,23,25)(H2,21,27,28). The molecule has 0 fully saturated rings. The number of hydrogen-bond donors (Lipinski definition) is 3. The summed E-state index contributed by atoms with van der Waals surface area (Å²) in [6, 6.07) is 9.00. The number of nitrogens with zero attached hydrogens (tertiary/aromatic N) is 1. The van der Waals surface area contributed by atoms with Gasteiger partial charge in [-0.1, -0.05) is 42.3 Å². The third-order valence-electron chi connectivity index (χ3n) is 4.27. The van der Waals surface area contributed by atoms with Gasteiger partial charge in [0.05, 0.1) is 21.3 Å². The second kappa shape index (κ2) is 8.11. The SMILES string of the molecule is CC1CC(=O)NN=C1c1ccc(NC(=O)c2cc(S(N)(=O)=O)c(Cl)cc2Cl)cc1. The van der Waals surface area contributed by atoms with Crippen LogP contribution >= 0.6 is 23.2 Å². The van der Waals surface area contributed by atoms with Crippen LogP contribution < -0.4 is 15.9 Å². The predicted octanol–water partition coefficient (Wildman–Crippen LogP) is 2.75. The van der Waals surface area contributed by atoms with Crippen LogP contribution in [-0.4, -0.2) is 25.9 Å². The minimum Gasteiger partial charge on any atom is -0.322 e. The lowest BCUT2D eigenvalue weighted by molar-refractivity contribution is -0.121. The number of anilines is 1. The van der Waals surface area contributed by atoms with Gasteiger partial charge in [0, 0.05) is 18.0 Å². The Bertz CT molecular complexity index is 1130. The summed E-state index contributed by atoms with van der Waals surface area (Å²) in [6.45, 7) is 1.90. The van der Waals surface area contributed by atoms with Crippen molar-refractivity contribution in [1.29, 1.82) is 0 Å². The molecule has 4 N–H and O–H groups in total. The van der Waals surface area contributed by atoms with Gasteiger partial charge in [-0.15, -0.1) is 0 Å². The molecule has 0 aliphatic carbocycles. The first-order valence-corrected chi connectivity index (χ1v) is 10.7. The highest BCUT2D eigenvalue weighted by molar-refractivity contribution is 7.89. The molecule has 0 radical (unpaired) electrons. The van der Waals surface area contributed by atoms with E-state index in [9.17, 15) is 18.0 Å². The van der Waals surface area contributed by atoms with Gasteiger partial charge in [-0.2, -0.15) is 5.10 Å². The summed E-state index contributed by atoms with van der Waals surface area (Å²) in [5.74, 6) is -0.794. The summed E-state index contributed by atoms with van der Waals surface area (Å²) in [5, 5.41) is 11.6. The predicted molar refractivity (Wildman–Crippen MR) is 111 cm³/mol. The molecule has 0 aromatic heterocycles. The fraction of sp³-hybridized carbons (Fsp3) is 0.167. The first-order chi connectivity index (χ1) is 13.6. The first kappa shape index (κ1) is 21.3. The minimum absolute atomic E-state index is 0.0161. The molecule has 0 bridgehead atoms. The number of amides is 2. The zero-order valence-corrected chi connectivity index (χ0v) is 17.4. The molecule has 8 nitrogen and oxygen atoms in total. The fourth-order valence-corrected chi connectivity index (χ4v) is 4.25. The lowest BCUT2D eigenvalue weighted by Gasteiger charge is -2.19. The summed E-state index contributed by atoms with van der Waals surface area (Å²) in [6.07, 6.45) is 0.346. The lowest BCUT2D eigenvalue weighted by Crippen LogP contribution is -2.31. The molecule has 152 valence electrons. The van der Waals surface area contributed by atoms with E-state index >= 15 is 0 Å². The van der Waals surface area contributed by atoms with Crippen molar-refractivity contribution in [2.24, 2.45) is 16.2 Å². The topological polar surface area (TPSA) is 131 Å². The molecule has 1 heterocycles. The second-order valence-electron chi connectivity index (χ2n) is 6.48. The molecule has 0 saturated heterocycles. The average molecular weight is 455 g/mol. The Morgan fingerprint density at radius 1 is 1.21 bits per heavy atom. The largest absolute Gasteiger partial charge is 0.322 e. The number of nitrogens with one attached hydrogen (secondary N) is 2. The number of sulfonamides is 1. The van der Waals surface area contributed by atoms with Gasteiger partial charge in [0.2, 0.25) is 15.9 Å². The number of rotatable bonds is 4. The Kier molecular flexibility index (Phi) is 5.95. The third kappa shape index (κ3) is 4.76. The molecule has 2 aromatic carbocycles. The van der Waals surface area contributed by atoms with Crippen molar-refractivity contribution in [3.05, 3.63) is 57.6 Å². The molecule has 0 spiro atoms. The number of primary sulfonamides is 1. The van der Waals surface area contributed by atoms with E-state index in [2.05, 4.69) is 15.8 Å². The molecule has 1 aliphatic rings. The van der Waals surface area contributed by atoms with Crippen molar-refractivity contribution < 1.29 is 18.0 Å². The van der Waals surface area contributed by atoms with Crippen LogP contribution in [0, 0.1) is 5.92 Å². The maximum absolute atomic E-state index is 12.6. The zero-order valence-electron chi connectivity index (χ0n) is 15.1. The van der Waals surface area contributed by atoms with Crippen LogP contribution in [0.4, 0.5) is 5.69 Å². The van der Waals surface area contributed by atoms with Gasteiger partial charge >= 0.3 is 0 Å². The van der Waals surface area contributed by atoms with Crippen LogP contribution in [0.1, 0.15) is 29.3 Å². The molecular weight excluding hydrogens is 439 g/mol. The molecule has 1 unspecified atom stereocenters. The molecule has 1 aliphatic heterocycles. The number of carbonyl (C=O) groups excluding carboxylic acids is 2. The zero-order chi connectivity index (χ0) is 21.3. The van der Waals surface area contributed by atoms with Gasteiger partial charge < -0.3 is 5.32 Å². The molecule has 3 rings (SSSR count). The van der Waals surface area contributed by atoms with Gasteiger partial charge in [-0.3, -0.25) is 9.59 Å². The smallest absolute Gasteiger partial charge is 0.257 e. The number of hydrazone groups is 1. The van der Waals surface area contributed by atoms with Crippen molar-refractivity contribution >= 4 is 56.4 Å². The summed E-state index contributed by atoms with van der Waals surface area (Å²) < 4.78 is 23.2. The van der Waals surface area contributed by atoms with Gasteiger partial charge in [-0.25, -0.2) is 19.0 Å². The van der Waals surface area contributed by atoms with Crippen molar-refractivity contribution in [2.75, 3.05) is 5.32 Å². The Labute approximate surface area is 177 Å². The number of benzene rings is 2. The van der Waals surface area contributed by atoms with E-state index in [1.807, 2.05) is 6.92 Å². The van der Waals surface area contributed by atoms with Crippen LogP contribution in [0.5, 0.6) is 0 Å². The molecule has 2 aromatic rings. The molecule has 1 atom stereocenters.